The predicted molar refractivity (Wildman–Crippen MR) is 54.5 cm³/mol. The molecule has 0 aromatic heterocycles. The quantitative estimate of drug-likeness (QED) is 0.237. The van der Waals surface area contributed by atoms with Crippen LogP contribution in [0.5, 0.6) is 0 Å². The van der Waals surface area contributed by atoms with Crippen LogP contribution in [0.1, 0.15) is 26.2 Å². The van der Waals surface area contributed by atoms with Crippen LogP contribution in [0.15, 0.2) is 12.7 Å². The average molecular weight is 196 g/mol. The van der Waals surface area contributed by atoms with Crippen LogP contribution in [-0.4, -0.2) is 23.8 Å². The van der Waals surface area contributed by atoms with Crippen molar-refractivity contribution in [2.45, 2.75) is 32.3 Å². The first-order valence-electron chi connectivity index (χ1n) is 4.68. The lowest BCUT2D eigenvalue weighted by molar-refractivity contribution is -0.136. The van der Waals surface area contributed by atoms with E-state index in [1.165, 1.54) is 0 Å². The van der Waals surface area contributed by atoms with E-state index in [1.54, 1.807) is 13.0 Å². The normalized spacial score (nSPS) is 11.0. The molecule has 0 saturated carbocycles. The monoisotopic (exact) mass is 196 g/mol. The lowest BCUT2D eigenvalue weighted by Crippen LogP contribution is -2.05. The Bertz CT molecular complexity index is 235. The van der Waals surface area contributed by atoms with Crippen LogP contribution >= 0.6 is 0 Å². The molecule has 0 heterocycles. The fourth-order valence-electron chi connectivity index (χ4n) is 0.837. The molecule has 0 amide bonds. The van der Waals surface area contributed by atoms with Gasteiger partial charge in [0, 0.05) is 5.92 Å². The lowest BCUT2D eigenvalue weighted by Gasteiger charge is -1.99. The number of carbonyl (C=O) groups excluding carboxylic acids is 1. The number of aliphatic hydroxyl groups is 1. The molecule has 1 N–H and O–H groups in total. The van der Waals surface area contributed by atoms with E-state index in [9.17, 15) is 9.90 Å². The fourth-order valence-corrected chi connectivity index (χ4v) is 0.837. The van der Waals surface area contributed by atoms with Gasteiger partial charge in [-0.1, -0.05) is 12.0 Å². The number of aliphatic hydroxyl groups excluding tert-OH is 1. The van der Waals surface area contributed by atoms with E-state index in [0.29, 0.717) is 13.0 Å². The van der Waals surface area contributed by atoms with Crippen LogP contribution in [0.3, 0.4) is 0 Å². The Morgan fingerprint density at radius 2 is 2.43 bits per heavy atom. The zero-order valence-electron chi connectivity index (χ0n) is 8.45. The molecule has 0 aromatic carbocycles. The zero-order chi connectivity index (χ0) is 10.8. The molecule has 1 atom stereocenters. The molecule has 0 spiro atoms. The maximum Gasteiger partial charge on any atom is 0.384 e. The molecule has 78 valence electrons. The van der Waals surface area contributed by atoms with E-state index in [0.717, 1.165) is 12.8 Å². The molecule has 3 nitrogen and oxygen atoms in total. The average Bonchev–Trinajstić information content (AvgIpc) is 2.16. The first kappa shape index (κ1) is 12.7. The highest BCUT2D eigenvalue weighted by Crippen LogP contribution is 1.99. The molecule has 0 aliphatic carbocycles. The van der Waals surface area contributed by atoms with Crippen LogP contribution in [0.4, 0.5) is 0 Å². The van der Waals surface area contributed by atoms with Gasteiger partial charge in [-0.3, -0.25) is 0 Å². The van der Waals surface area contributed by atoms with Gasteiger partial charge in [-0.15, -0.1) is 6.58 Å². The lowest BCUT2D eigenvalue weighted by atomic mass is 10.1. The second-order valence-corrected chi connectivity index (χ2v) is 2.73. The summed E-state index contributed by atoms with van der Waals surface area (Å²) >= 11 is 0. The first-order valence-corrected chi connectivity index (χ1v) is 4.68. The van der Waals surface area contributed by atoms with Crippen LogP contribution in [-0.2, 0) is 9.53 Å². The van der Waals surface area contributed by atoms with Crippen LogP contribution < -0.4 is 0 Å². The van der Waals surface area contributed by atoms with Gasteiger partial charge in [-0.05, 0) is 26.2 Å². The van der Waals surface area contributed by atoms with Gasteiger partial charge in [-0.2, -0.15) is 0 Å². The highest BCUT2D eigenvalue weighted by Gasteiger charge is 1.99. The van der Waals surface area contributed by atoms with Crippen LogP contribution in [0, 0.1) is 11.8 Å². The van der Waals surface area contributed by atoms with Gasteiger partial charge in [0.1, 0.15) is 6.10 Å². The first-order chi connectivity index (χ1) is 6.70. The van der Waals surface area contributed by atoms with Gasteiger partial charge in [0.2, 0.25) is 0 Å². The number of rotatable bonds is 5. The van der Waals surface area contributed by atoms with Crippen molar-refractivity contribution in [3.8, 4) is 11.8 Å². The summed E-state index contributed by atoms with van der Waals surface area (Å²) in [5.41, 5.74) is 0. The number of allylic oxidation sites excluding steroid dienone is 1. The molecular formula is C11H16O3. The summed E-state index contributed by atoms with van der Waals surface area (Å²) in [6.07, 6.45) is 3.25. The van der Waals surface area contributed by atoms with Crippen molar-refractivity contribution in [2.75, 3.05) is 6.61 Å². The van der Waals surface area contributed by atoms with E-state index < -0.39 is 12.1 Å². The van der Waals surface area contributed by atoms with Crippen molar-refractivity contribution < 1.29 is 14.6 Å². The summed E-state index contributed by atoms with van der Waals surface area (Å²) in [6, 6.07) is 0. The van der Waals surface area contributed by atoms with Crippen molar-refractivity contribution in [3.63, 3.8) is 0 Å². The standard InChI is InChI=1S/C11H16O3/c1-3-5-6-7-10(12)8-9-11(13)14-4-2/h3,10,12H,1,4-7H2,2H3/t10-/m0/s1. The maximum absolute atomic E-state index is 10.8. The molecule has 0 bridgehead atoms. The molecule has 14 heavy (non-hydrogen) atoms. The van der Waals surface area contributed by atoms with Crippen LogP contribution in [0.25, 0.3) is 0 Å². The predicted octanol–water partition coefficient (Wildman–Crippen LogP) is 1.27. The molecule has 0 saturated heterocycles. The smallest absolute Gasteiger partial charge is 0.384 e. The topological polar surface area (TPSA) is 46.5 Å². The van der Waals surface area contributed by atoms with Gasteiger partial charge in [0.15, 0.2) is 0 Å². The van der Waals surface area contributed by atoms with Crippen molar-refractivity contribution in [3.05, 3.63) is 12.7 Å². The Balaban J connectivity index is 3.73. The number of unbranched alkanes of at least 4 members (excludes halogenated alkanes) is 1. The fraction of sp³-hybridized carbons (Fsp3) is 0.545. The number of ether oxygens (including phenoxy) is 1. The molecule has 0 unspecified atom stereocenters. The molecular weight excluding hydrogens is 180 g/mol. The van der Waals surface area contributed by atoms with Gasteiger partial charge in [0.05, 0.1) is 6.61 Å². The van der Waals surface area contributed by atoms with Crippen molar-refractivity contribution >= 4 is 5.97 Å². The number of carbonyl (C=O) groups is 1. The van der Waals surface area contributed by atoms with E-state index in [2.05, 4.69) is 23.2 Å². The van der Waals surface area contributed by atoms with E-state index in [-0.39, 0.29) is 0 Å². The Morgan fingerprint density at radius 1 is 1.71 bits per heavy atom. The Morgan fingerprint density at radius 3 is 3.00 bits per heavy atom. The Hall–Kier alpha value is -1.27. The Kier molecular flexibility index (Phi) is 7.58. The van der Waals surface area contributed by atoms with Crippen molar-refractivity contribution in [1.82, 2.24) is 0 Å². The maximum atomic E-state index is 10.8. The van der Waals surface area contributed by atoms with E-state index >= 15 is 0 Å². The summed E-state index contributed by atoms with van der Waals surface area (Å²) < 4.78 is 4.58. The third-order valence-corrected chi connectivity index (χ3v) is 1.50. The van der Waals surface area contributed by atoms with Gasteiger partial charge < -0.3 is 9.84 Å². The number of hydrogen-bond acceptors (Lipinski definition) is 3. The largest absolute Gasteiger partial charge is 0.456 e. The molecule has 0 radical (unpaired) electrons. The van der Waals surface area contributed by atoms with Crippen LogP contribution in [0.2, 0.25) is 0 Å². The number of esters is 1. The number of hydrogen-bond donors (Lipinski definition) is 1. The van der Waals surface area contributed by atoms with Gasteiger partial charge in [-0.25, -0.2) is 4.79 Å². The minimum absolute atomic E-state index is 0.306. The molecule has 3 heteroatoms. The van der Waals surface area contributed by atoms with E-state index in [4.69, 9.17) is 0 Å². The summed E-state index contributed by atoms with van der Waals surface area (Å²) in [5, 5.41) is 9.28. The van der Waals surface area contributed by atoms with Crippen molar-refractivity contribution in [2.24, 2.45) is 0 Å². The second-order valence-electron chi connectivity index (χ2n) is 2.73. The second kappa shape index (κ2) is 8.33. The molecule has 0 rings (SSSR count). The third kappa shape index (κ3) is 7.38. The highest BCUT2D eigenvalue weighted by atomic mass is 16.5. The summed E-state index contributed by atoms with van der Waals surface area (Å²) in [4.78, 5) is 10.8. The summed E-state index contributed by atoms with van der Waals surface area (Å²) in [6.45, 7) is 5.58. The minimum atomic E-state index is -0.751. The molecule has 0 aromatic rings. The highest BCUT2D eigenvalue weighted by molar-refractivity contribution is 5.88. The molecule has 0 fully saturated rings. The SMILES string of the molecule is C=CCCC[C@H](O)C#CC(=O)OCC. The van der Waals surface area contributed by atoms with Gasteiger partial charge in [0.25, 0.3) is 0 Å². The minimum Gasteiger partial charge on any atom is -0.456 e. The summed E-state index contributed by atoms with van der Waals surface area (Å²) in [7, 11) is 0. The zero-order valence-corrected chi connectivity index (χ0v) is 8.45. The summed E-state index contributed by atoms with van der Waals surface area (Å²) in [5.74, 6) is 4.06. The third-order valence-electron chi connectivity index (χ3n) is 1.50. The van der Waals surface area contributed by atoms with E-state index in [1.807, 2.05) is 0 Å². The van der Waals surface area contributed by atoms with Gasteiger partial charge >= 0.3 is 5.97 Å². The van der Waals surface area contributed by atoms with Crippen molar-refractivity contribution in [1.29, 1.82) is 0 Å². The molecule has 0 aliphatic heterocycles. The molecule has 0 aliphatic rings. The Labute approximate surface area is 84.8 Å².